The van der Waals surface area contributed by atoms with Gasteiger partial charge in [0.25, 0.3) is 0 Å². The first kappa shape index (κ1) is 25.7. The quantitative estimate of drug-likeness (QED) is 0.502. The second-order valence-electron chi connectivity index (χ2n) is 8.38. The van der Waals surface area contributed by atoms with Crippen LogP contribution in [0.3, 0.4) is 0 Å². The first-order valence-corrected chi connectivity index (χ1v) is 14.1. The summed E-state index contributed by atoms with van der Waals surface area (Å²) in [6, 6.07) is 15.6. The molecule has 0 bridgehead atoms. The standard InChI is InChI=1S/C24H34N4O3S2/c1-27-13-15-28(16-14-27)19-21-10-8-20(9-11-21)18-25-24(29)23(12-17-32-2)26-33(30,31)22-6-4-3-5-7-22/h3-11,23,26H,12-19H2,1-2H3,(H,25,29). The second-order valence-corrected chi connectivity index (χ2v) is 11.1. The average molecular weight is 491 g/mol. The lowest BCUT2D eigenvalue weighted by molar-refractivity contribution is -0.122. The molecular weight excluding hydrogens is 456 g/mol. The van der Waals surface area contributed by atoms with Gasteiger partial charge in [-0.25, -0.2) is 8.42 Å². The third kappa shape index (κ3) is 8.12. The van der Waals surface area contributed by atoms with Gasteiger partial charge in [0.2, 0.25) is 15.9 Å². The highest BCUT2D eigenvalue weighted by Crippen LogP contribution is 2.12. The van der Waals surface area contributed by atoms with Crippen LogP contribution in [-0.2, 0) is 27.9 Å². The van der Waals surface area contributed by atoms with Crippen molar-refractivity contribution in [2.24, 2.45) is 0 Å². The van der Waals surface area contributed by atoms with E-state index in [1.807, 2.05) is 18.4 Å². The first-order chi connectivity index (χ1) is 15.9. The molecule has 9 heteroatoms. The number of carbonyl (C=O) groups excluding carboxylic acids is 1. The Morgan fingerprint density at radius 1 is 1.00 bits per heavy atom. The van der Waals surface area contributed by atoms with E-state index in [1.54, 1.807) is 30.0 Å². The molecule has 1 aliphatic heterocycles. The highest BCUT2D eigenvalue weighted by molar-refractivity contribution is 7.98. The Hall–Kier alpha value is -1.91. The molecule has 1 unspecified atom stereocenters. The largest absolute Gasteiger partial charge is 0.351 e. The van der Waals surface area contributed by atoms with Gasteiger partial charge < -0.3 is 10.2 Å². The van der Waals surface area contributed by atoms with Crippen molar-refractivity contribution in [3.05, 3.63) is 65.7 Å². The minimum atomic E-state index is -3.77. The molecule has 180 valence electrons. The third-order valence-corrected chi connectivity index (χ3v) is 7.90. The van der Waals surface area contributed by atoms with E-state index in [1.165, 1.54) is 17.7 Å². The fraction of sp³-hybridized carbons (Fsp3) is 0.458. The molecule has 1 fully saturated rings. The van der Waals surface area contributed by atoms with Crippen LogP contribution in [0.15, 0.2) is 59.5 Å². The number of nitrogens with zero attached hydrogens (tertiary/aromatic N) is 2. The lowest BCUT2D eigenvalue weighted by Crippen LogP contribution is -2.46. The highest BCUT2D eigenvalue weighted by Gasteiger charge is 2.25. The zero-order valence-corrected chi connectivity index (χ0v) is 21.0. The molecule has 2 N–H and O–H groups in total. The maximum absolute atomic E-state index is 12.8. The summed E-state index contributed by atoms with van der Waals surface area (Å²) in [5.74, 6) is 0.362. The predicted molar refractivity (Wildman–Crippen MR) is 135 cm³/mol. The molecule has 1 aliphatic rings. The summed E-state index contributed by atoms with van der Waals surface area (Å²) in [7, 11) is -1.62. The SMILES string of the molecule is CSCCC(NS(=O)(=O)c1ccccc1)C(=O)NCc1ccc(CN2CCN(C)CC2)cc1. The molecule has 3 rings (SSSR count). The van der Waals surface area contributed by atoms with E-state index in [0.29, 0.717) is 18.7 Å². The second kappa shape index (κ2) is 12.5. The van der Waals surface area contributed by atoms with Gasteiger partial charge in [-0.15, -0.1) is 0 Å². The van der Waals surface area contributed by atoms with E-state index in [4.69, 9.17) is 0 Å². The summed E-state index contributed by atoms with van der Waals surface area (Å²) in [5, 5.41) is 2.90. The van der Waals surface area contributed by atoms with Gasteiger partial charge in [0.15, 0.2) is 0 Å². The van der Waals surface area contributed by atoms with Gasteiger partial charge in [0.05, 0.1) is 4.90 Å². The molecular formula is C24H34N4O3S2. The van der Waals surface area contributed by atoms with Gasteiger partial charge in [0, 0.05) is 39.3 Å². The molecule has 1 saturated heterocycles. The predicted octanol–water partition coefficient (Wildman–Crippen LogP) is 2.15. The normalized spacial score (nSPS) is 16.4. The molecule has 1 heterocycles. The number of amides is 1. The Morgan fingerprint density at radius 3 is 2.27 bits per heavy atom. The van der Waals surface area contributed by atoms with Gasteiger partial charge in [-0.05, 0) is 48.7 Å². The molecule has 0 spiro atoms. The van der Waals surface area contributed by atoms with E-state index < -0.39 is 16.1 Å². The molecule has 0 saturated carbocycles. The Labute approximate surface area is 202 Å². The number of sulfonamides is 1. The van der Waals surface area contributed by atoms with Gasteiger partial charge in [-0.1, -0.05) is 42.5 Å². The summed E-state index contributed by atoms with van der Waals surface area (Å²) < 4.78 is 28.0. The van der Waals surface area contributed by atoms with Crippen LogP contribution in [0.2, 0.25) is 0 Å². The molecule has 2 aromatic carbocycles. The molecule has 7 nitrogen and oxygen atoms in total. The van der Waals surface area contributed by atoms with Crippen LogP contribution in [0.5, 0.6) is 0 Å². The monoisotopic (exact) mass is 490 g/mol. The Morgan fingerprint density at radius 2 is 1.64 bits per heavy atom. The van der Waals surface area contributed by atoms with Crippen LogP contribution in [-0.4, -0.2) is 75.4 Å². The van der Waals surface area contributed by atoms with Crippen LogP contribution in [0, 0.1) is 0 Å². The van der Waals surface area contributed by atoms with Crippen LogP contribution >= 0.6 is 11.8 Å². The van der Waals surface area contributed by atoms with Crippen LogP contribution < -0.4 is 10.0 Å². The lowest BCUT2D eigenvalue weighted by atomic mass is 10.1. The van der Waals surface area contributed by atoms with Crippen molar-refractivity contribution in [1.29, 1.82) is 0 Å². The number of thioether (sulfide) groups is 1. The maximum Gasteiger partial charge on any atom is 0.241 e. The third-order valence-electron chi connectivity index (χ3n) is 5.77. The molecule has 2 aromatic rings. The lowest BCUT2D eigenvalue weighted by Gasteiger charge is -2.32. The van der Waals surface area contributed by atoms with Gasteiger partial charge in [-0.3, -0.25) is 9.69 Å². The maximum atomic E-state index is 12.8. The number of piperazine rings is 1. The Balaban J connectivity index is 1.55. The van der Waals surface area contributed by atoms with Crippen LogP contribution in [0.4, 0.5) is 0 Å². The summed E-state index contributed by atoms with van der Waals surface area (Å²) in [5.41, 5.74) is 2.24. The number of hydrogen-bond donors (Lipinski definition) is 2. The summed E-state index contributed by atoms with van der Waals surface area (Å²) in [6.07, 6.45) is 2.35. The molecule has 0 aromatic heterocycles. The topological polar surface area (TPSA) is 81.7 Å². The van der Waals surface area contributed by atoms with E-state index in [9.17, 15) is 13.2 Å². The smallest absolute Gasteiger partial charge is 0.241 e. The molecule has 0 radical (unpaired) electrons. The summed E-state index contributed by atoms with van der Waals surface area (Å²) in [6.45, 7) is 5.62. The molecule has 1 atom stereocenters. The number of benzene rings is 2. The summed E-state index contributed by atoms with van der Waals surface area (Å²) in [4.78, 5) is 17.8. The number of carbonyl (C=O) groups is 1. The van der Waals surface area contributed by atoms with E-state index in [-0.39, 0.29) is 10.8 Å². The fourth-order valence-corrected chi connectivity index (χ4v) is 5.40. The zero-order valence-electron chi connectivity index (χ0n) is 19.4. The van der Waals surface area contributed by atoms with E-state index in [2.05, 4.69) is 39.0 Å². The van der Waals surface area contributed by atoms with Crippen LogP contribution in [0.25, 0.3) is 0 Å². The molecule has 0 aliphatic carbocycles. The number of likely N-dealkylation sites (N-methyl/N-ethyl adjacent to an activating group) is 1. The number of nitrogens with one attached hydrogen (secondary N) is 2. The van der Waals surface area contributed by atoms with Gasteiger partial charge in [0.1, 0.15) is 6.04 Å². The number of hydrogen-bond acceptors (Lipinski definition) is 6. The molecule has 1 amide bonds. The first-order valence-electron chi connectivity index (χ1n) is 11.2. The van der Waals surface area contributed by atoms with Crippen molar-refractivity contribution in [3.63, 3.8) is 0 Å². The van der Waals surface area contributed by atoms with E-state index >= 15 is 0 Å². The Kier molecular flexibility index (Phi) is 9.76. The van der Waals surface area contributed by atoms with Crippen molar-refractivity contribution in [2.45, 2.75) is 30.4 Å². The number of rotatable bonds is 11. The minimum Gasteiger partial charge on any atom is -0.351 e. The van der Waals surface area contributed by atoms with Gasteiger partial charge >= 0.3 is 0 Å². The fourth-order valence-electron chi connectivity index (χ4n) is 3.67. The van der Waals surface area contributed by atoms with E-state index in [0.717, 1.165) is 38.3 Å². The van der Waals surface area contributed by atoms with Crippen molar-refractivity contribution >= 4 is 27.7 Å². The van der Waals surface area contributed by atoms with Crippen molar-refractivity contribution in [3.8, 4) is 0 Å². The van der Waals surface area contributed by atoms with Gasteiger partial charge in [-0.2, -0.15) is 16.5 Å². The summed E-state index contributed by atoms with van der Waals surface area (Å²) >= 11 is 1.58. The highest BCUT2D eigenvalue weighted by atomic mass is 32.2. The van der Waals surface area contributed by atoms with Crippen LogP contribution in [0.1, 0.15) is 17.5 Å². The van der Waals surface area contributed by atoms with Crippen molar-refractivity contribution in [2.75, 3.05) is 45.2 Å². The zero-order chi connectivity index (χ0) is 23.7. The Bertz CT molecular complexity index is 977. The molecule has 33 heavy (non-hydrogen) atoms. The minimum absolute atomic E-state index is 0.155. The average Bonchev–Trinajstić information content (AvgIpc) is 2.83. The van der Waals surface area contributed by atoms with Crippen molar-refractivity contribution < 1.29 is 13.2 Å². The van der Waals surface area contributed by atoms with Crippen molar-refractivity contribution in [1.82, 2.24) is 19.8 Å².